The maximum atomic E-state index is 13.6. The number of aromatic nitrogens is 3. The molecule has 2 heterocycles. The Morgan fingerprint density at radius 1 is 1.00 bits per heavy atom. The Labute approximate surface area is 180 Å². The Bertz CT molecular complexity index is 1350. The van der Waals surface area contributed by atoms with Gasteiger partial charge in [-0.25, -0.2) is 4.68 Å². The highest BCUT2D eigenvalue weighted by molar-refractivity contribution is 6.07. The van der Waals surface area contributed by atoms with E-state index in [1.54, 1.807) is 4.68 Å². The molecule has 0 radical (unpaired) electrons. The van der Waals surface area contributed by atoms with Crippen LogP contribution in [0.15, 0.2) is 78.3 Å². The predicted molar refractivity (Wildman–Crippen MR) is 123 cm³/mol. The first kappa shape index (κ1) is 19.1. The van der Waals surface area contributed by atoms with E-state index in [1.807, 2.05) is 57.2 Å². The minimum atomic E-state index is -0.394. The van der Waals surface area contributed by atoms with Crippen molar-refractivity contribution >= 4 is 28.3 Å². The van der Waals surface area contributed by atoms with Crippen molar-refractivity contribution in [1.82, 2.24) is 14.8 Å². The van der Waals surface area contributed by atoms with Crippen LogP contribution in [-0.4, -0.2) is 20.7 Å². The van der Waals surface area contributed by atoms with Crippen LogP contribution in [0.3, 0.4) is 0 Å². The number of allylic oxidation sites excluding steroid dienone is 1. The molecule has 1 unspecified atom stereocenters. The van der Waals surface area contributed by atoms with E-state index < -0.39 is 6.04 Å². The SMILES string of the molecule is CC1=C(C(=O)Nc2cccc(C)c2C)C(c2cccc3ccccc23)n2ncnc2N1. The van der Waals surface area contributed by atoms with Gasteiger partial charge in [-0.05, 0) is 54.3 Å². The van der Waals surface area contributed by atoms with E-state index in [9.17, 15) is 4.79 Å². The molecule has 1 atom stereocenters. The molecule has 3 aromatic carbocycles. The number of amides is 1. The normalized spacial score (nSPS) is 15.5. The molecule has 0 fully saturated rings. The van der Waals surface area contributed by atoms with Crippen molar-refractivity contribution in [3.63, 3.8) is 0 Å². The molecule has 5 rings (SSSR count). The lowest BCUT2D eigenvalue weighted by Gasteiger charge is -2.29. The van der Waals surface area contributed by atoms with Crippen LogP contribution < -0.4 is 10.6 Å². The van der Waals surface area contributed by atoms with Crippen molar-refractivity contribution in [3.05, 3.63) is 95.0 Å². The highest BCUT2D eigenvalue weighted by atomic mass is 16.1. The van der Waals surface area contributed by atoms with Gasteiger partial charge in [-0.3, -0.25) is 4.79 Å². The second-order valence-electron chi connectivity index (χ2n) is 7.86. The third-order valence-corrected chi connectivity index (χ3v) is 6.01. The first-order chi connectivity index (χ1) is 15.0. The molecule has 6 heteroatoms. The number of carbonyl (C=O) groups is 1. The van der Waals surface area contributed by atoms with Crippen LogP contribution in [-0.2, 0) is 4.79 Å². The monoisotopic (exact) mass is 409 g/mol. The second kappa shape index (κ2) is 7.40. The van der Waals surface area contributed by atoms with Crippen molar-refractivity contribution < 1.29 is 4.79 Å². The molecule has 6 nitrogen and oxygen atoms in total. The summed E-state index contributed by atoms with van der Waals surface area (Å²) in [5.74, 6) is 0.469. The highest BCUT2D eigenvalue weighted by Crippen LogP contribution is 2.38. The quantitative estimate of drug-likeness (QED) is 0.501. The van der Waals surface area contributed by atoms with E-state index in [0.29, 0.717) is 11.5 Å². The number of carbonyl (C=O) groups excluding carboxylic acids is 1. The Morgan fingerprint density at radius 3 is 2.65 bits per heavy atom. The van der Waals surface area contributed by atoms with Gasteiger partial charge in [0, 0.05) is 11.4 Å². The average Bonchev–Trinajstić information content (AvgIpc) is 3.23. The van der Waals surface area contributed by atoms with Crippen molar-refractivity contribution in [2.75, 3.05) is 10.6 Å². The van der Waals surface area contributed by atoms with Gasteiger partial charge in [0.2, 0.25) is 5.95 Å². The second-order valence-corrected chi connectivity index (χ2v) is 7.86. The topological polar surface area (TPSA) is 71.8 Å². The summed E-state index contributed by atoms with van der Waals surface area (Å²) in [6.45, 7) is 5.97. The molecule has 31 heavy (non-hydrogen) atoms. The van der Waals surface area contributed by atoms with E-state index in [2.05, 4.69) is 45.0 Å². The lowest BCUT2D eigenvalue weighted by atomic mass is 9.91. The number of fused-ring (bicyclic) bond motifs is 2. The molecular weight excluding hydrogens is 386 g/mol. The van der Waals surface area contributed by atoms with Crippen LogP contribution in [0.5, 0.6) is 0 Å². The predicted octanol–water partition coefficient (Wildman–Crippen LogP) is 4.98. The molecule has 1 amide bonds. The number of hydrogen-bond donors (Lipinski definition) is 2. The summed E-state index contributed by atoms with van der Waals surface area (Å²) >= 11 is 0. The molecule has 1 aliphatic rings. The summed E-state index contributed by atoms with van der Waals surface area (Å²) in [6.07, 6.45) is 1.51. The number of aryl methyl sites for hydroxylation is 1. The number of nitrogens with one attached hydrogen (secondary N) is 2. The van der Waals surface area contributed by atoms with Crippen LogP contribution in [0.2, 0.25) is 0 Å². The van der Waals surface area contributed by atoms with E-state index in [4.69, 9.17) is 0 Å². The zero-order chi connectivity index (χ0) is 21.5. The Balaban J connectivity index is 1.66. The van der Waals surface area contributed by atoms with Gasteiger partial charge in [-0.15, -0.1) is 0 Å². The van der Waals surface area contributed by atoms with Gasteiger partial charge in [-0.1, -0.05) is 54.6 Å². The van der Waals surface area contributed by atoms with Crippen molar-refractivity contribution in [3.8, 4) is 0 Å². The van der Waals surface area contributed by atoms with Crippen LogP contribution in [0.25, 0.3) is 10.8 Å². The number of hydrogen-bond acceptors (Lipinski definition) is 4. The average molecular weight is 409 g/mol. The van der Waals surface area contributed by atoms with Crippen LogP contribution in [0.4, 0.5) is 11.6 Å². The summed E-state index contributed by atoms with van der Waals surface area (Å²) in [4.78, 5) is 18.0. The van der Waals surface area contributed by atoms with Gasteiger partial charge in [-0.2, -0.15) is 10.1 Å². The molecule has 0 saturated heterocycles. The Kier molecular flexibility index (Phi) is 4.55. The zero-order valence-corrected chi connectivity index (χ0v) is 17.7. The molecule has 154 valence electrons. The number of rotatable bonds is 3. The van der Waals surface area contributed by atoms with Gasteiger partial charge >= 0.3 is 0 Å². The summed E-state index contributed by atoms with van der Waals surface area (Å²) in [7, 11) is 0. The maximum Gasteiger partial charge on any atom is 0.255 e. The lowest BCUT2D eigenvalue weighted by molar-refractivity contribution is -0.113. The smallest absolute Gasteiger partial charge is 0.255 e. The minimum Gasteiger partial charge on any atom is -0.328 e. The molecule has 0 aliphatic carbocycles. The standard InChI is InChI=1S/C25H23N5O/c1-15-8-6-13-21(16(15)2)29-24(31)22-17(3)28-25-26-14-27-30(25)23(22)20-12-7-10-18-9-4-5-11-19(18)20/h4-14,23H,1-3H3,(H,29,31)(H,26,27,28). The fourth-order valence-corrected chi connectivity index (χ4v) is 4.24. The van der Waals surface area contributed by atoms with Gasteiger partial charge in [0.1, 0.15) is 12.4 Å². The van der Waals surface area contributed by atoms with Crippen molar-refractivity contribution in [2.24, 2.45) is 0 Å². The molecule has 0 bridgehead atoms. The third-order valence-electron chi connectivity index (χ3n) is 6.01. The van der Waals surface area contributed by atoms with Crippen LogP contribution in [0, 0.1) is 13.8 Å². The summed E-state index contributed by atoms with van der Waals surface area (Å²) < 4.78 is 1.78. The first-order valence-corrected chi connectivity index (χ1v) is 10.3. The molecule has 0 spiro atoms. The van der Waals surface area contributed by atoms with E-state index >= 15 is 0 Å². The van der Waals surface area contributed by atoms with E-state index in [0.717, 1.165) is 38.8 Å². The van der Waals surface area contributed by atoms with Gasteiger partial charge < -0.3 is 10.6 Å². The summed E-state index contributed by atoms with van der Waals surface area (Å²) in [5, 5.41) is 13.0. The Hall–Kier alpha value is -3.93. The lowest BCUT2D eigenvalue weighted by Crippen LogP contribution is -2.31. The molecular formula is C25H23N5O. The number of benzene rings is 3. The summed E-state index contributed by atoms with van der Waals surface area (Å²) in [5.41, 5.74) is 5.40. The third kappa shape index (κ3) is 3.17. The molecule has 1 aliphatic heterocycles. The highest BCUT2D eigenvalue weighted by Gasteiger charge is 2.34. The Morgan fingerprint density at radius 2 is 1.77 bits per heavy atom. The molecule has 2 N–H and O–H groups in total. The van der Waals surface area contributed by atoms with Gasteiger partial charge in [0.15, 0.2) is 0 Å². The first-order valence-electron chi connectivity index (χ1n) is 10.3. The van der Waals surface area contributed by atoms with Gasteiger partial charge in [0.05, 0.1) is 5.57 Å². The number of nitrogens with zero attached hydrogens (tertiary/aromatic N) is 3. The molecule has 0 saturated carbocycles. The van der Waals surface area contributed by atoms with Crippen molar-refractivity contribution in [1.29, 1.82) is 0 Å². The fraction of sp³-hybridized carbons (Fsp3) is 0.160. The fourth-order valence-electron chi connectivity index (χ4n) is 4.24. The molecule has 1 aromatic heterocycles. The number of anilines is 2. The van der Waals surface area contributed by atoms with Crippen LogP contribution in [0.1, 0.15) is 29.7 Å². The largest absolute Gasteiger partial charge is 0.328 e. The zero-order valence-electron chi connectivity index (χ0n) is 17.7. The maximum absolute atomic E-state index is 13.6. The van der Waals surface area contributed by atoms with Gasteiger partial charge in [0.25, 0.3) is 5.91 Å². The minimum absolute atomic E-state index is 0.155. The molecule has 4 aromatic rings. The van der Waals surface area contributed by atoms with Crippen LogP contribution >= 0.6 is 0 Å². The van der Waals surface area contributed by atoms with E-state index in [-0.39, 0.29) is 5.91 Å². The van der Waals surface area contributed by atoms with Crippen molar-refractivity contribution in [2.45, 2.75) is 26.8 Å². The van der Waals surface area contributed by atoms with E-state index in [1.165, 1.54) is 6.33 Å². The summed E-state index contributed by atoms with van der Waals surface area (Å²) in [6, 6.07) is 19.9.